The van der Waals surface area contributed by atoms with Crippen molar-refractivity contribution in [3.63, 3.8) is 0 Å². The summed E-state index contributed by atoms with van der Waals surface area (Å²) in [5.74, 6) is -2.41. The third-order valence-corrected chi connectivity index (χ3v) is 1.96. The van der Waals surface area contributed by atoms with Crippen molar-refractivity contribution in [3.8, 4) is 0 Å². The number of carboxylic acids is 2. The van der Waals surface area contributed by atoms with Crippen LogP contribution in [0.15, 0.2) is 0 Å². The minimum absolute atomic E-state index is 0.0849. The predicted octanol–water partition coefficient (Wildman–Crippen LogP) is -0.887. The molecule has 0 radical (unpaired) electrons. The van der Waals surface area contributed by atoms with E-state index in [1.165, 1.54) is 0 Å². The molecular formula is C9H16N2O5. The Morgan fingerprint density at radius 1 is 0.875 bits per heavy atom. The number of aliphatic carboxylic acids is 2. The zero-order valence-corrected chi connectivity index (χ0v) is 8.89. The number of primary amides is 1. The zero-order chi connectivity index (χ0) is 12.6. The number of nitrogens with zero attached hydrogens (tertiary/aromatic N) is 1. The molecule has 16 heavy (non-hydrogen) atoms. The lowest BCUT2D eigenvalue weighted by atomic mass is 10.3. The SMILES string of the molecule is NC(=O)CCN(CCC(=O)O)CCC(=O)O. The van der Waals surface area contributed by atoms with Gasteiger partial charge in [0, 0.05) is 26.1 Å². The minimum atomic E-state index is -0.959. The molecule has 7 heteroatoms. The normalized spacial score (nSPS) is 10.3. The molecule has 92 valence electrons. The molecule has 0 unspecified atom stereocenters. The largest absolute Gasteiger partial charge is 0.481 e. The lowest BCUT2D eigenvalue weighted by molar-refractivity contribution is -0.137. The Kier molecular flexibility index (Phi) is 6.86. The molecule has 0 aliphatic carbocycles. The molecule has 0 spiro atoms. The van der Waals surface area contributed by atoms with E-state index < -0.39 is 17.8 Å². The number of hydrogen-bond donors (Lipinski definition) is 3. The van der Waals surface area contributed by atoms with E-state index in [4.69, 9.17) is 15.9 Å². The number of carbonyl (C=O) groups excluding carboxylic acids is 1. The first-order valence-corrected chi connectivity index (χ1v) is 4.86. The van der Waals surface area contributed by atoms with Gasteiger partial charge in [0.15, 0.2) is 0 Å². The van der Waals surface area contributed by atoms with E-state index in [0.717, 1.165) is 0 Å². The smallest absolute Gasteiger partial charge is 0.304 e. The molecule has 0 saturated carbocycles. The monoisotopic (exact) mass is 232 g/mol. The summed E-state index contributed by atoms with van der Waals surface area (Å²) < 4.78 is 0. The van der Waals surface area contributed by atoms with Gasteiger partial charge < -0.3 is 20.8 Å². The maximum absolute atomic E-state index is 10.5. The van der Waals surface area contributed by atoms with Crippen LogP contribution in [-0.4, -0.2) is 52.6 Å². The van der Waals surface area contributed by atoms with Crippen LogP contribution in [0.3, 0.4) is 0 Å². The lowest BCUT2D eigenvalue weighted by Gasteiger charge is -2.19. The van der Waals surface area contributed by atoms with Crippen molar-refractivity contribution in [2.24, 2.45) is 5.73 Å². The summed E-state index contributed by atoms with van der Waals surface area (Å²) in [4.78, 5) is 32.8. The molecule has 0 fully saturated rings. The number of hydrogen-bond acceptors (Lipinski definition) is 4. The highest BCUT2D eigenvalue weighted by molar-refractivity contribution is 5.74. The Labute approximate surface area is 92.8 Å². The highest BCUT2D eigenvalue weighted by Crippen LogP contribution is 1.97. The van der Waals surface area contributed by atoms with Gasteiger partial charge in [0.25, 0.3) is 0 Å². The zero-order valence-electron chi connectivity index (χ0n) is 8.89. The quantitative estimate of drug-likeness (QED) is 0.474. The Hall–Kier alpha value is -1.63. The van der Waals surface area contributed by atoms with Crippen molar-refractivity contribution >= 4 is 17.8 Å². The maximum atomic E-state index is 10.5. The van der Waals surface area contributed by atoms with Gasteiger partial charge >= 0.3 is 11.9 Å². The molecule has 7 nitrogen and oxygen atoms in total. The van der Waals surface area contributed by atoms with E-state index in [9.17, 15) is 14.4 Å². The van der Waals surface area contributed by atoms with Gasteiger partial charge in [-0.3, -0.25) is 14.4 Å². The van der Waals surface area contributed by atoms with Crippen molar-refractivity contribution in [2.45, 2.75) is 19.3 Å². The molecule has 0 atom stereocenters. The van der Waals surface area contributed by atoms with Gasteiger partial charge in [0.2, 0.25) is 5.91 Å². The molecular weight excluding hydrogens is 216 g/mol. The third kappa shape index (κ3) is 8.95. The molecule has 1 amide bonds. The predicted molar refractivity (Wildman–Crippen MR) is 54.8 cm³/mol. The second kappa shape index (κ2) is 7.63. The summed E-state index contributed by atoms with van der Waals surface area (Å²) in [6.07, 6.45) is -0.0734. The summed E-state index contributed by atoms with van der Waals surface area (Å²) in [6, 6.07) is 0. The topological polar surface area (TPSA) is 121 Å². The van der Waals surface area contributed by atoms with Crippen molar-refractivity contribution in [3.05, 3.63) is 0 Å². The summed E-state index contributed by atoms with van der Waals surface area (Å²) >= 11 is 0. The van der Waals surface area contributed by atoms with Crippen molar-refractivity contribution in [2.75, 3.05) is 19.6 Å². The van der Waals surface area contributed by atoms with Gasteiger partial charge in [-0.25, -0.2) is 0 Å². The van der Waals surface area contributed by atoms with Crippen LogP contribution in [0.2, 0.25) is 0 Å². The van der Waals surface area contributed by atoms with E-state index in [0.29, 0.717) is 0 Å². The lowest BCUT2D eigenvalue weighted by Crippen LogP contribution is -2.32. The molecule has 0 aliphatic heterocycles. The molecule has 0 aromatic carbocycles. The second-order valence-corrected chi connectivity index (χ2v) is 3.35. The molecule has 0 rings (SSSR count). The van der Waals surface area contributed by atoms with Gasteiger partial charge in [-0.2, -0.15) is 0 Å². The van der Waals surface area contributed by atoms with E-state index in [1.54, 1.807) is 4.90 Å². The first-order valence-electron chi connectivity index (χ1n) is 4.86. The van der Waals surface area contributed by atoms with Crippen LogP contribution in [0.1, 0.15) is 19.3 Å². The fraction of sp³-hybridized carbons (Fsp3) is 0.667. The van der Waals surface area contributed by atoms with E-state index in [2.05, 4.69) is 0 Å². The van der Waals surface area contributed by atoms with Crippen LogP contribution in [-0.2, 0) is 14.4 Å². The highest BCUT2D eigenvalue weighted by Gasteiger charge is 2.10. The highest BCUT2D eigenvalue weighted by atomic mass is 16.4. The first kappa shape index (κ1) is 14.4. The van der Waals surface area contributed by atoms with Crippen LogP contribution in [0.4, 0.5) is 0 Å². The van der Waals surface area contributed by atoms with Gasteiger partial charge in [-0.1, -0.05) is 0 Å². The molecule has 0 saturated heterocycles. The Morgan fingerprint density at radius 2 is 1.25 bits per heavy atom. The summed E-state index contributed by atoms with van der Waals surface area (Å²) in [5, 5.41) is 17.0. The molecule has 0 aromatic heterocycles. The molecule has 0 bridgehead atoms. The minimum Gasteiger partial charge on any atom is -0.481 e. The molecule has 0 aromatic rings. The van der Waals surface area contributed by atoms with Crippen LogP contribution < -0.4 is 5.73 Å². The Bertz CT molecular complexity index is 224. The number of carbonyl (C=O) groups is 3. The number of carboxylic acid groups (broad SMARTS) is 2. The fourth-order valence-corrected chi connectivity index (χ4v) is 1.11. The van der Waals surface area contributed by atoms with E-state index in [1.807, 2.05) is 0 Å². The standard InChI is InChI=1S/C9H16N2O5/c10-7(12)1-4-11(5-2-8(13)14)6-3-9(15)16/h1-6H2,(H2,10,12)(H,13,14)(H,15,16). The van der Waals surface area contributed by atoms with Crippen molar-refractivity contribution in [1.29, 1.82) is 0 Å². The molecule has 4 N–H and O–H groups in total. The average molecular weight is 232 g/mol. The number of nitrogens with two attached hydrogens (primary N) is 1. The number of rotatable bonds is 9. The van der Waals surface area contributed by atoms with Crippen LogP contribution in [0.25, 0.3) is 0 Å². The molecule has 0 aliphatic rings. The van der Waals surface area contributed by atoms with E-state index >= 15 is 0 Å². The van der Waals surface area contributed by atoms with Gasteiger partial charge in [0.05, 0.1) is 12.8 Å². The average Bonchev–Trinajstić information content (AvgIpc) is 2.15. The van der Waals surface area contributed by atoms with Gasteiger partial charge in [-0.05, 0) is 0 Å². The Morgan fingerprint density at radius 3 is 1.56 bits per heavy atom. The second-order valence-electron chi connectivity index (χ2n) is 3.35. The van der Waals surface area contributed by atoms with Gasteiger partial charge in [0.1, 0.15) is 0 Å². The van der Waals surface area contributed by atoms with Gasteiger partial charge in [-0.15, -0.1) is 0 Å². The Balaban J connectivity index is 3.98. The number of amides is 1. The molecule has 0 heterocycles. The summed E-state index contributed by atoms with van der Waals surface area (Å²) in [6.45, 7) is 0.724. The summed E-state index contributed by atoms with van der Waals surface area (Å²) in [7, 11) is 0. The first-order chi connectivity index (χ1) is 7.41. The fourth-order valence-electron chi connectivity index (χ4n) is 1.11. The third-order valence-electron chi connectivity index (χ3n) is 1.96. The van der Waals surface area contributed by atoms with Crippen LogP contribution in [0, 0.1) is 0 Å². The maximum Gasteiger partial charge on any atom is 0.304 e. The van der Waals surface area contributed by atoms with Crippen LogP contribution in [0.5, 0.6) is 0 Å². The van der Waals surface area contributed by atoms with E-state index in [-0.39, 0.29) is 38.9 Å². The van der Waals surface area contributed by atoms with Crippen molar-refractivity contribution < 1.29 is 24.6 Å². The summed E-state index contributed by atoms with van der Waals surface area (Å²) in [5.41, 5.74) is 4.95. The van der Waals surface area contributed by atoms with Crippen LogP contribution >= 0.6 is 0 Å². The van der Waals surface area contributed by atoms with Crippen molar-refractivity contribution in [1.82, 2.24) is 4.90 Å².